The molecule has 0 aliphatic heterocycles. The van der Waals surface area contributed by atoms with Crippen LogP contribution in [0.4, 0.5) is 22.0 Å². The van der Waals surface area contributed by atoms with E-state index in [-0.39, 0.29) is 71.3 Å². The maximum atomic E-state index is 13.3. The van der Waals surface area contributed by atoms with E-state index in [1.54, 1.807) is 30.3 Å². The minimum Gasteiger partial charge on any atom is -0.421 e. The van der Waals surface area contributed by atoms with Gasteiger partial charge in [0, 0.05) is 59.1 Å². The Morgan fingerprint density at radius 1 is 0.972 bits per heavy atom. The van der Waals surface area contributed by atoms with E-state index < -0.39 is 31.5 Å². The Balaban J connectivity index is 0.00000228. The summed E-state index contributed by atoms with van der Waals surface area (Å²) in [5.41, 5.74) is 1.30. The van der Waals surface area contributed by atoms with Crippen molar-refractivity contribution in [2.75, 3.05) is 0 Å². The Kier molecular flexibility index (Phi) is 10.7. The van der Waals surface area contributed by atoms with Crippen molar-refractivity contribution in [2.24, 2.45) is 0 Å². The fourth-order valence-corrected chi connectivity index (χ4v) is 3.99. The first kappa shape index (κ1) is 30.9. The standard InChI is InChI=1S/C22H17F5N3O3P.2Na/c23-21(24)34(31,32)33-17-10-8-14(9-11-17)12-20(15-4-3-5-16(13-15)22(25,26)27)30-19-7-2-1-6-18(19)28-29-30;;/h1-11,13,20-21H,12H2,(H,31,32);;. The summed E-state index contributed by atoms with van der Waals surface area (Å²) in [6, 6.07) is 16.6. The van der Waals surface area contributed by atoms with E-state index in [1.165, 1.54) is 35.0 Å². The molecule has 0 aliphatic rings. The summed E-state index contributed by atoms with van der Waals surface area (Å²) in [7, 11) is -5.13. The first-order chi connectivity index (χ1) is 16.0. The fraction of sp³-hybridized carbons (Fsp3) is 0.182. The molecule has 2 radical (unpaired) electrons. The zero-order valence-electron chi connectivity index (χ0n) is 19.2. The van der Waals surface area contributed by atoms with Gasteiger partial charge in [-0.2, -0.15) is 22.0 Å². The number of alkyl halides is 5. The Morgan fingerprint density at radius 2 is 1.64 bits per heavy atom. The van der Waals surface area contributed by atoms with E-state index >= 15 is 0 Å². The third-order valence-electron chi connectivity index (χ3n) is 5.11. The molecule has 2 unspecified atom stereocenters. The van der Waals surface area contributed by atoms with Gasteiger partial charge in [0.05, 0.1) is 17.1 Å². The Labute approximate surface area is 247 Å². The van der Waals surface area contributed by atoms with Crippen LogP contribution in [0.2, 0.25) is 0 Å². The Hall–Kier alpha value is -1.30. The molecule has 0 amide bonds. The molecule has 1 N–H and O–H groups in total. The van der Waals surface area contributed by atoms with E-state index in [9.17, 15) is 31.4 Å². The number of aromatic nitrogens is 3. The number of nitrogens with zero attached hydrogens (tertiary/aromatic N) is 3. The molecule has 1 heterocycles. The smallest absolute Gasteiger partial charge is 0.421 e. The summed E-state index contributed by atoms with van der Waals surface area (Å²) in [5.74, 6) is -0.239. The molecule has 4 aromatic rings. The average molecular weight is 543 g/mol. The number of fused-ring (bicyclic) bond motifs is 1. The van der Waals surface area contributed by atoms with E-state index in [1.807, 2.05) is 0 Å². The molecular formula is C22H17F5N3Na2O3P. The molecule has 36 heavy (non-hydrogen) atoms. The maximum Gasteiger partial charge on any atom is 0.442 e. The molecule has 6 nitrogen and oxygen atoms in total. The molecule has 0 saturated carbocycles. The number of halogens is 5. The molecule has 4 rings (SSSR count). The van der Waals surface area contributed by atoms with Crippen molar-refractivity contribution in [3.8, 4) is 5.75 Å². The molecule has 2 atom stereocenters. The fourth-order valence-electron chi connectivity index (χ4n) is 3.49. The van der Waals surface area contributed by atoms with Crippen molar-refractivity contribution in [1.82, 2.24) is 15.0 Å². The quantitative estimate of drug-likeness (QED) is 0.194. The van der Waals surface area contributed by atoms with Gasteiger partial charge in [-0.05, 0) is 53.9 Å². The summed E-state index contributed by atoms with van der Waals surface area (Å²) in [4.78, 5) is 9.20. The number of rotatable bonds is 7. The van der Waals surface area contributed by atoms with E-state index in [0.717, 1.165) is 12.1 Å². The first-order valence-corrected chi connectivity index (χ1v) is 11.6. The van der Waals surface area contributed by atoms with Crippen molar-refractivity contribution < 1.29 is 35.9 Å². The van der Waals surface area contributed by atoms with E-state index in [0.29, 0.717) is 22.2 Å². The van der Waals surface area contributed by atoms with Crippen LogP contribution in [-0.2, 0) is 17.2 Å². The monoisotopic (exact) mass is 543 g/mol. The summed E-state index contributed by atoms with van der Waals surface area (Å²) in [6.45, 7) is 0. The topological polar surface area (TPSA) is 77.2 Å². The van der Waals surface area contributed by atoms with Crippen molar-refractivity contribution in [1.29, 1.82) is 0 Å². The van der Waals surface area contributed by atoms with Gasteiger partial charge in [0.1, 0.15) is 11.3 Å². The normalized spacial score (nSPS) is 14.0. The van der Waals surface area contributed by atoms with Crippen molar-refractivity contribution in [3.63, 3.8) is 0 Å². The first-order valence-electron chi connectivity index (χ1n) is 9.91. The van der Waals surface area contributed by atoms with Crippen LogP contribution in [0, 0.1) is 0 Å². The molecule has 0 aliphatic carbocycles. The number of para-hydroxylation sites is 1. The second kappa shape index (κ2) is 12.5. The molecule has 3 aromatic carbocycles. The summed E-state index contributed by atoms with van der Waals surface area (Å²) < 4.78 is 82.7. The van der Waals surface area contributed by atoms with Gasteiger partial charge in [-0.15, -0.1) is 5.10 Å². The third-order valence-corrected chi connectivity index (χ3v) is 6.07. The molecule has 0 fully saturated rings. The van der Waals surface area contributed by atoms with Crippen molar-refractivity contribution in [3.05, 3.63) is 89.5 Å². The van der Waals surface area contributed by atoms with Crippen LogP contribution in [0.1, 0.15) is 22.7 Å². The third kappa shape index (κ3) is 7.17. The van der Waals surface area contributed by atoms with Crippen LogP contribution in [0.5, 0.6) is 5.75 Å². The van der Waals surface area contributed by atoms with Gasteiger partial charge in [0.2, 0.25) is 0 Å². The number of hydrogen-bond acceptors (Lipinski definition) is 4. The Morgan fingerprint density at radius 3 is 2.28 bits per heavy atom. The van der Waals surface area contributed by atoms with Gasteiger partial charge >= 0.3 is 19.9 Å². The van der Waals surface area contributed by atoms with Crippen LogP contribution in [0.25, 0.3) is 11.0 Å². The van der Waals surface area contributed by atoms with Crippen molar-refractivity contribution in [2.45, 2.75) is 24.8 Å². The second-order valence-electron chi connectivity index (χ2n) is 7.44. The minimum absolute atomic E-state index is 0. The second-order valence-corrected chi connectivity index (χ2v) is 9.14. The van der Waals surface area contributed by atoms with Gasteiger partial charge in [-0.25, -0.2) is 9.25 Å². The predicted octanol–water partition coefficient (Wildman–Crippen LogP) is 5.31. The van der Waals surface area contributed by atoms with Gasteiger partial charge in [-0.1, -0.05) is 41.6 Å². The van der Waals surface area contributed by atoms with E-state index in [2.05, 4.69) is 14.8 Å². The van der Waals surface area contributed by atoms with Crippen LogP contribution in [0.15, 0.2) is 72.8 Å². The zero-order valence-corrected chi connectivity index (χ0v) is 24.1. The van der Waals surface area contributed by atoms with Crippen LogP contribution in [0.3, 0.4) is 0 Å². The van der Waals surface area contributed by atoms with Gasteiger partial charge < -0.3 is 9.42 Å². The SMILES string of the molecule is O=P(O)(Oc1ccc(CC(c2cccc(C(F)(F)F)c2)n2nnc3ccccc32)cc1)C(F)F.[Na].[Na]. The minimum atomic E-state index is -5.13. The molecule has 14 heteroatoms. The van der Waals surface area contributed by atoms with Crippen LogP contribution >= 0.6 is 7.60 Å². The van der Waals surface area contributed by atoms with Gasteiger partial charge in [-0.3, -0.25) is 0 Å². The van der Waals surface area contributed by atoms with Crippen LogP contribution < -0.4 is 4.52 Å². The van der Waals surface area contributed by atoms with Crippen molar-refractivity contribution >= 4 is 77.7 Å². The zero-order chi connectivity index (χ0) is 24.5. The molecule has 180 valence electrons. The molecule has 0 spiro atoms. The number of hydrogen-bond donors (Lipinski definition) is 1. The van der Waals surface area contributed by atoms with E-state index in [4.69, 9.17) is 0 Å². The molecule has 0 saturated heterocycles. The summed E-state index contributed by atoms with van der Waals surface area (Å²) in [6.07, 6.45) is -7.92. The average Bonchev–Trinajstić information content (AvgIpc) is 3.22. The Bertz CT molecular complexity index is 1350. The summed E-state index contributed by atoms with van der Waals surface area (Å²) >= 11 is 0. The maximum absolute atomic E-state index is 13.3. The summed E-state index contributed by atoms with van der Waals surface area (Å²) in [5, 5.41) is 8.24. The molecular weight excluding hydrogens is 526 g/mol. The largest absolute Gasteiger partial charge is 0.442 e. The predicted molar refractivity (Wildman–Crippen MR) is 125 cm³/mol. The van der Waals surface area contributed by atoms with Crippen LogP contribution in [-0.4, -0.2) is 85.2 Å². The van der Waals surface area contributed by atoms with Gasteiger partial charge in [0.15, 0.2) is 0 Å². The molecule has 0 bridgehead atoms. The number of benzene rings is 3. The molecule has 1 aromatic heterocycles. The van der Waals surface area contributed by atoms with Gasteiger partial charge in [0.25, 0.3) is 0 Å².